The second kappa shape index (κ2) is 8.41. The summed E-state index contributed by atoms with van der Waals surface area (Å²) in [5.74, 6) is -1.15. The molecule has 1 saturated heterocycles. The average molecular weight is 394 g/mol. The molecule has 0 saturated carbocycles. The molecule has 25 heavy (non-hydrogen) atoms. The van der Waals surface area contributed by atoms with Crippen molar-refractivity contribution in [2.75, 3.05) is 49.7 Å². The Balaban J connectivity index is 2.00. The third-order valence-corrected chi connectivity index (χ3v) is 6.58. The first kappa shape index (κ1) is 20.0. The van der Waals surface area contributed by atoms with Crippen LogP contribution < -0.4 is 14.8 Å². The lowest BCUT2D eigenvalue weighted by atomic mass is 10.3. The smallest absolute Gasteiger partial charge is 0.240 e. The Kier molecular flexibility index (Phi) is 6.74. The van der Waals surface area contributed by atoms with Gasteiger partial charge in [-0.05, 0) is 25.1 Å². The molecule has 0 radical (unpaired) electrons. The number of rotatable bonds is 8. The normalized spacial score (nSPS) is 16.7. The summed E-state index contributed by atoms with van der Waals surface area (Å²) in [6, 6.07) is 3.08. The van der Waals surface area contributed by atoms with Gasteiger partial charge in [-0.2, -0.15) is 0 Å². The van der Waals surface area contributed by atoms with Gasteiger partial charge in [-0.3, -0.25) is 9.62 Å². The third kappa shape index (κ3) is 5.89. The summed E-state index contributed by atoms with van der Waals surface area (Å²) in [6.07, 6.45) is 0. The van der Waals surface area contributed by atoms with Crippen molar-refractivity contribution in [1.82, 2.24) is 14.9 Å². The van der Waals surface area contributed by atoms with E-state index < -0.39 is 25.9 Å². The zero-order valence-electron chi connectivity index (χ0n) is 14.0. The Morgan fingerprint density at radius 1 is 1.20 bits per heavy atom. The highest BCUT2D eigenvalue weighted by Gasteiger charge is 2.18. The predicted octanol–water partition coefficient (Wildman–Crippen LogP) is -0.229. The van der Waals surface area contributed by atoms with Gasteiger partial charge in [0.2, 0.25) is 20.0 Å². The van der Waals surface area contributed by atoms with Gasteiger partial charge in [-0.1, -0.05) is 0 Å². The van der Waals surface area contributed by atoms with Gasteiger partial charge in [0.25, 0.3) is 0 Å². The van der Waals surface area contributed by atoms with E-state index in [-0.39, 0.29) is 22.9 Å². The summed E-state index contributed by atoms with van der Waals surface area (Å²) in [4.78, 5) is 1.88. The number of sulfonamides is 2. The van der Waals surface area contributed by atoms with Crippen LogP contribution in [-0.4, -0.2) is 66.8 Å². The van der Waals surface area contributed by atoms with Crippen LogP contribution in [0.4, 0.5) is 10.1 Å². The summed E-state index contributed by atoms with van der Waals surface area (Å²) >= 11 is 0. The monoisotopic (exact) mass is 394 g/mol. The molecule has 0 aromatic heterocycles. The second-order valence-electron chi connectivity index (χ2n) is 5.64. The first-order valence-corrected chi connectivity index (χ1v) is 11.1. The Morgan fingerprint density at radius 2 is 1.88 bits per heavy atom. The van der Waals surface area contributed by atoms with Gasteiger partial charge in [0, 0.05) is 39.3 Å². The molecule has 11 heteroatoms. The minimum absolute atomic E-state index is 0.208. The molecule has 8 nitrogen and oxygen atoms in total. The SMILES string of the molecule is CCS(=O)(=O)Nc1ccc(S(=O)(=O)NCCN2CCNCC2)cc1F. The van der Waals surface area contributed by atoms with Crippen LogP contribution in [0.1, 0.15) is 6.92 Å². The molecule has 1 aliphatic heterocycles. The number of halogens is 1. The molecule has 0 amide bonds. The van der Waals surface area contributed by atoms with E-state index >= 15 is 0 Å². The van der Waals surface area contributed by atoms with E-state index in [1.807, 2.05) is 0 Å². The highest BCUT2D eigenvalue weighted by molar-refractivity contribution is 7.92. The van der Waals surface area contributed by atoms with E-state index in [0.717, 1.165) is 38.3 Å². The van der Waals surface area contributed by atoms with E-state index in [9.17, 15) is 21.2 Å². The average Bonchev–Trinajstić information content (AvgIpc) is 2.57. The topological polar surface area (TPSA) is 108 Å². The van der Waals surface area contributed by atoms with Crippen molar-refractivity contribution in [3.8, 4) is 0 Å². The number of hydrogen-bond donors (Lipinski definition) is 3. The van der Waals surface area contributed by atoms with Gasteiger partial charge in [0.15, 0.2) is 0 Å². The molecule has 1 heterocycles. The largest absolute Gasteiger partial charge is 0.314 e. The number of benzene rings is 1. The van der Waals surface area contributed by atoms with Crippen LogP contribution in [0.3, 0.4) is 0 Å². The van der Waals surface area contributed by atoms with Gasteiger partial charge < -0.3 is 5.32 Å². The molecular weight excluding hydrogens is 371 g/mol. The molecular formula is C14H23FN4O4S2. The number of nitrogens with one attached hydrogen (secondary N) is 3. The van der Waals surface area contributed by atoms with Gasteiger partial charge in [-0.25, -0.2) is 25.9 Å². The lowest BCUT2D eigenvalue weighted by Gasteiger charge is -2.27. The first-order valence-electron chi connectivity index (χ1n) is 7.96. The van der Waals surface area contributed by atoms with Crippen LogP contribution in [0.25, 0.3) is 0 Å². The molecule has 0 atom stereocenters. The summed E-state index contributed by atoms with van der Waals surface area (Å²) in [7, 11) is -7.49. The number of anilines is 1. The summed E-state index contributed by atoms with van der Waals surface area (Å²) in [6.45, 7) is 5.64. The van der Waals surface area contributed by atoms with Crippen molar-refractivity contribution in [3.63, 3.8) is 0 Å². The maximum absolute atomic E-state index is 14.0. The molecule has 0 bridgehead atoms. The van der Waals surface area contributed by atoms with Crippen molar-refractivity contribution < 1.29 is 21.2 Å². The third-order valence-electron chi connectivity index (χ3n) is 3.83. The summed E-state index contributed by atoms with van der Waals surface area (Å²) in [5, 5.41) is 3.21. The quantitative estimate of drug-likeness (QED) is 0.562. The zero-order chi connectivity index (χ0) is 18.5. The minimum Gasteiger partial charge on any atom is -0.314 e. The molecule has 0 aliphatic carbocycles. The number of piperazine rings is 1. The van der Waals surface area contributed by atoms with Gasteiger partial charge in [0.05, 0.1) is 16.3 Å². The van der Waals surface area contributed by atoms with Crippen molar-refractivity contribution in [1.29, 1.82) is 0 Å². The molecule has 1 aromatic carbocycles. The van der Waals surface area contributed by atoms with E-state index in [2.05, 4.69) is 19.7 Å². The molecule has 1 aliphatic rings. The van der Waals surface area contributed by atoms with E-state index in [1.54, 1.807) is 0 Å². The van der Waals surface area contributed by atoms with Crippen LogP contribution in [0.5, 0.6) is 0 Å². The van der Waals surface area contributed by atoms with Crippen molar-refractivity contribution >= 4 is 25.7 Å². The maximum atomic E-state index is 14.0. The second-order valence-corrected chi connectivity index (χ2v) is 9.41. The van der Waals surface area contributed by atoms with Crippen LogP contribution in [0, 0.1) is 5.82 Å². The van der Waals surface area contributed by atoms with Gasteiger partial charge in [0.1, 0.15) is 5.82 Å². The van der Waals surface area contributed by atoms with Crippen LogP contribution in [0.15, 0.2) is 23.1 Å². The fourth-order valence-corrected chi connectivity index (χ4v) is 4.02. The predicted molar refractivity (Wildman–Crippen MR) is 94.0 cm³/mol. The van der Waals surface area contributed by atoms with Crippen molar-refractivity contribution in [2.45, 2.75) is 11.8 Å². The number of hydrogen-bond acceptors (Lipinski definition) is 6. The number of nitrogens with zero attached hydrogens (tertiary/aromatic N) is 1. The first-order chi connectivity index (χ1) is 11.7. The van der Waals surface area contributed by atoms with E-state index in [0.29, 0.717) is 6.54 Å². The molecule has 2 rings (SSSR count). The molecule has 3 N–H and O–H groups in total. The minimum atomic E-state index is -3.86. The lowest BCUT2D eigenvalue weighted by molar-refractivity contribution is 0.245. The summed E-state index contributed by atoms with van der Waals surface area (Å²) < 4.78 is 65.9. The molecule has 142 valence electrons. The van der Waals surface area contributed by atoms with E-state index in [1.165, 1.54) is 13.0 Å². The fourth-order valence-electron chi connectivity index (χ4n) is 2.34. The maximum Gasteiger partial charge on any atom is 0.240 e. The van der Waals surface area contributed by atoms with Crippen LogP contribution in [-0.2, 0) is 20.0 Å². The molecule has 1 aromatic rings. The van der Waals surface area contributed by atoms with Crippen molar-refractivity contribution in [2.24, 2.45) is 0 Å². The molecule has 0 spiro atoms. The Morgan fingerprint density at radius 3 is 2.48 bits per heavy atom. The highest BCUT2D eigenvalue weighted by atomic mass is 32.2. The summed E-state index contributed by atoms with van der Waals surface area (Å²) in [5.41, 5.74) is -0.276. The van der Waals surface area contributed by atoms with Gasteiger partial charge >= 0.3 is 0 Å². The Labute approximate surface area is 147 Å². The van der Waals surface area contributed by atoms with Crippen molar-refractivity contribution in [3.05, 3.63) is 24.0 Å². The lowest BCUT2D eigenvalue weighted by Crippen LogP contribution is -2.46. The zero-order valence-corrected chi connectivity index (χ0v) is 15.6. The van der Waals surface area contributed by atoms with Crippen LogP contribution in [0.2, 0.25) is 0 Å². The van der Waals surface area contributed by atoms with Crippen LogP contribution >= 0.6 is 0 Å². The standard InChI is InChI=1S/C14H23FN4O4S2/c1-2-24(20,21)18-14-4-3-12(11-13(14)15)25(22,23)17-7-10-19-8-5-16-6-9-19/h3-4,11,16-18H,2,5-10H2,1H3. The highest BCUT2D eigenvalue weighted by Crippen LogP contribution is 2.20. The molecule has 0 unspecified atom stereocenters. The van der Waals surface area contributed by atoms with E-state index in [4.69, 9.17) is 0 Å². The molecule has 1 fully saturated rings. The van der Waals surface area contributed by atoms with Gasteiger partial charge in [-0.15, -0.1) is 0 Å². The fraction of sp³-hybridized carbons (Fsp3) is 0.571. The Bertz CT molecular complexity index is 793. The Hall–Kier alpha value is -1.27.